The van der Waals surface area contributed by atoms with E-state index in [-0.39, 0.29) is 0 Å². The van der Waals surface area contributed by atoms with Crippen LogP contribution in [0, 0.1) is 0 Å². The molecule has 2 aromatic carbocycles. The Morgan fingerprint density at radius 1 is 0.815 bits per heavy atom. The van der Waals surface area contributed by atoms with E-state index in [1.807, 2.05) is 0 Å². The van der Waals surface area contributed by atoms with Crippen LogP contribution in [0.3, 0.4) is 0 Å². The zero-order valence-electron chi connectivity index (χ0n) is 14.5. The summed E-state index contributed by atoms with van der Waals surface area (Å²) < 4.78 is 52.8. The Hall–Kier alpha value is -2.71. The smallest absolute Gasteiger partial charge is 0.337 e. The maximum atomic E-state index is 12.1. The summed E-state index contributed by atoms with van der Waals surface area (Å²) in [7, 11) is -6.67. The molecule has 0 unspecified atom stereocenters. The lowest BCUT2D eigenvalue weighted by atomic mass is 10.1. The lowest BCUT2D eigenvalue weighted by molar-refractivity contribution is 0.0600. The number of sulfone groups is 2. The van der Waals surface area contributed by atoms with Gasteiger partial charge in [0.15, 0.2) is 24.8 Å². The number of carbonyl (C=O) groups excluding carboxylic acids is 1. The summed E-state index contributed by atoms with van der Waals surface area (Å²) in [6.45, 7) is 0. The average molecular weight is 406 g/mol. The number of carbonyl (C=O) groups is 1. The van der Waals surface area contributed by atoms with Gasteiger partial charge in [-0.2, -0.15) is 0 Å². The highest BCUT2D eigenvalue weighted by Crippen LogP contribution is 2.11. The van der Waals surface area contributed by atoms with Gasteiger partial charge >= 0.3 is 5.97 Å². The summed E-state index contributed by atoms with van der Waals surface area (Å²) in [4.78, 5) is 11.4. The number of hydrogen-bond acceptors (Lipinski definition) is 6. The second kappa shape index (κ2) is 8.79. The molecule has 0 radical (unpaired) electrons. The molecule has 2 rings (SSSR count). The van der Waals surface area contributed by atoms with Gasteiger partial charge in [-0.15, -0.1) is 0 Å². The molecule has 142 valence electrons. The van der Waals surface area contributed by atoms with Crippen molar-refractivity contribution in [3.8, 4) is 0 Å². The van der Waals surface area contributed by atoms with Gasteiger partial charge in [0.2, 0.25) is 0 Å². The molecular formula is C19H18O6S2. The predicted molar refractivity (Wildman–Crippen MR) is 105 cm³/mol. The van der Waals surface area contributed by atoms with Crippen molar-refractivity contribution in [1.82, 2.24) is 0 Å². The van der Waals surface area contributed by atoms with Crippen LogP contribution in [0.25, 0.3) is 12.2 Å². The van der Waals surface area contributed by atoms with Crippen molar-refractivity contribution in [2.45, 2.75) is 0 Å². The van der Waals surface area contributed by atoms with E-state index in [0.29, 0.717) is 16.7 Å². The number of esters is 1. The van der Waals surface area contributed by atoms with Crippen LogP contribution in [0.5, 0.6) is 0 Å². The van der Waals surface area contributed by atoms with Gasteiger partial charge in [-0.05, 0) is 35.4 Å². The minimum Gasteiger partial charge on any atom is -0.465 e. The van der Waals surface area contributed by atoms with Crippen molar-refractivity contribution in [3.05, 3.63) is 82.1 Å². The quantitative estimate of drug-likeness (QED) is 0.656. The minimum absolute atomic E-state index is 0.325. The second-order valence-electron chi connectivity index (χ2n) is 5.57. The maximum Gasteiger partial charge on any atom is 0.337 e. The normalized spacial score (nSPS) is 12.5. The fourth-order valence-corrected chi connectivity index (χ4v) is 5.27. The summed E-state index contributed by atoms with van der Waals surface area (Å²) in [5.41, 5.74) is 1.48. The first-order valence-corrected chi connectivity index (χ1v) is 11.2. The largest absolute Gasteiger partial charge is 0.465 e. The lowest BCUT2D eigenvalue weighted by Gasteiger charge is -2.00. The first-order chi connectivity index (χ1) is 12.7. The van der Waals surface area contributed by atoms with E-state index >= 15 is 0 Å². The Labute approximate surface area is 158 Å². The summed E-state index contributed by atoms with van der Waals surface area (Å²) in [5, 5.41) is 0.701. The maximum absolute atomic E-state index is 12.1. The fraction of sp³-hybridized carbons (Fsp3) is 0.105. The Morgan fingerprint density at radius 3 is 1.78 bits per heavy atom. The van der Waals surface area contributed by atoms with Crippen LogP contribution in [0.15, 0.2) is 65.4 Å². The summed E-state index contributed by atoms with van der Waals surface area (Å²) >= 11 is 0. The summed E-state index contributed by atoms with van der Waals surface area (Å²) in [6, 6.07) is 14.7. The molecule has 0 saturated carbocycles. The molecule has 0 fully saturated rings. The Kier molecular flexibility index (Phi) is 6.70. The third-order valence-electron chi connectivity index (χ3n) is 3.40. The van der Waals surface area contributed by atoms with Gasteiger partial charge in [-0.1, -0.05) is 42.5 Å². The van der Waals surface area contributed by atoms with Crippen molar-refractivity contribution in [2.24, 2.45) is 0 Å². The van der Waals surface area contributed by atoms with Crippen molar-refractivity contribution in [3.63, 3.8) is 0 Å². The molecule has 27 heavy (non-hydrogen) atoms. The number of methoxy groups -OCH3 is 1. The molecule has 0 spiro atoms. The standard InChI is InChI=1S/C19H18O6S2/c1-25-19(20)18-9-7-17(8-10-18)12-14-27(23,24)15-26(21,22)13-11-16-5-3-2-4-6-16/h2-14H,15H2,1H3/b13-11+,14-12+. The van der Waals surface area contributed by atoms with Crippen LogP contribution in [-0.2, 0) is 24.4 Å². The predicted octanol–water partition coefficient (Wildman–Crippen LogP) is 2.90. The Balaban J connectivity index is 2.08. The van der Waals surface area contributed by atoms with Crippen molar-refractivity contribution < 1.29 is 26.4 Å². The van der Waals surface area contributed by atoms with E-state index in [1.165, 1.54) is 43.5 Å². The number of ether oxygens (including phenoxy) is 1. The highest BCUT2D eigenvalue weighted by Gasteiger charge is 2.17. The van der Waals surface area contributed by atoms with Crippen LogP contribution >= 0.6 is 0 Å². The molecule has 0 aromatic heterocycles. The van der Waals surface area contributed by atoms with Crippen LogP contribution in [0.4, 0.5) is 0 Å². The topological polar surface area (TPSA) is 94.6 Å². The molecule has 0 bridgehead atoms. The molecule has 0 amide bonds. The summed E-state index contributed by atoms with van der Waals surface area (Å²) in [5.74, 6) is -0.505. The molecule has 6 nitrogen and oxygen atoms in total. The molecular weight excluding hydrogens is 388 g/mol. The van der Waals surface area contributed by atoms with Gasteiger partial charge in [0.05, 0.1) is 12.7 Å². The molecule has 0 heterocycles. The van der Waals surface area contributed by atoms with Crippen molar-refractivity contribution >= 4 is 37.8 Å². The van der Waals surface area contributed by atoms with E-state index in [9.17, 15) is 21.6 Å². The van der Waals surface area contributed by atoms with Gasteiger partial charge in [0.1, 0.15) is 0 Å². The van der Waals surface area contributed by atoms with Crippen LogP contribution in [-0.4, -0.2) is 35.0 Å². The molecule has 0 N–H and O–H groups in total. The number of rotatable bonds is 7. The van der Waals surface area contributed by atoms with Gasteiger partial charge < -0.3 is 4.74 Å². The van der Waals surface area contributed by atoms with E-state index in [1.54, 1.807) is 30.3 Å². The minimum atomic E-state index is -3.98. The first kappa shape index (κ1) is 20.6. The number of benzene rings is 2. The van der Waals surface area contributed by atoms with Gasteiger partial charge in [0, 0.05) is 10.8 Å². The fourth-order valence-electron chi connectivity index (χ4n) is 2.08. The number of hydrogen-bond donors (Lipinski definition) is 0. The Morgan fingerprint density at radius 2 is 1.30 bits per heavy atom. The van der Waals surface area contributed by atoms with E-state index in [4.69, 9.17) is 0 Å². The molecule has 0 aliphatic carbocycles. The van der Waals surface area contributed by atoms with Crippen LogP contribution < -0.4 is 0 Å². The molecule has 0 atom stereocenters. The van der Waals surface area contributed by atoms with E-state index in [0.717, 1.165) is 10.8 Å². The Bertz CT molecular complexity index is 1050. The monoisotopic (exact) mass is 406 g/mol. The highest BCUT2D eigenvalue weighted by atomic mass is 32.3. The van der Waals surface area contributed by atoms with Crippen molar-refractivity contribution in [2.75, 3.05) is 12.2 Å². The van der Waals surface area contributed by atoms with E-state index < -0.39 is 30.7 Å². The zero-order chi connectivity index (χ0) is 19.9. The third kappa shape index (κ3) is 6.84. The van der Waals surface area contributed by atoms with Gasteiger partial charge in [-0.3, -0.25) is 0 Å². The molecule has 8 heteroatoms. The van der Waals surface area contributed by atoms with Crippen molar-refractivity contribution in [1.29, 1.82) is 0 Å². The van der Waals surface area contributed by atoms with Gasteiger partial charge in [0.25, 0.3) is 0 Å². The van der Waals surface area contributed by atoms with Crippen LogP contribution in [0.1, 0.15) is 21.5 Å². The highest BCUT2D eigenvalue weighted by molar-refractivity contribution is 8.10. The third-order valence-corrected chi connectivity index (χ3v) is 7.13. The SMILES string of the molecule is COC(=O)c1ccc(/C=C/S(=O)(=O)CS(=O)(=O)/C=C/c2ccccc2)cc1. The first-order valence-electron chi connectivity index (χ1n) is 7.76. The lowest BCUT2D eigenvalue weighted by Crippen LogP contribution is -2.11. The zero-order valence-corrected chi connectivity index (χ0v) is 16.1. The second-order valence-corrected chi connectivity index (χ2v) is 9.71. The summed E-state index contributed by atoms with van der Waals surface area (Å²) in [6.07, 6.45) is 2.62. The molecule has 0 aliphatic rings. The average Bonchev–Trinajstić information content (AvgIpc) is 2.65. The molecule has 0 aliphatic heterocycles. The molecule has 2 aromatic rings. The van der Waals surface area contributed by atoms with E-state index in [2.05, 4.69) is 4.74 Å². The van der Waals surface area contributed by atoms with Gasteiger partial charge in [-0.25, -0.2) is 21.6 Å². The van der Waals surface area contributed by atoms with Crippen LogP contribution in [0.2, 0.25) is 0 Å². The molecule has 0 saturated heterocycles.